The summed E-state index contributed by atoms with van der Waals surface area (Å²) < 4.78 is 60.8. The normalized spacial score (nSPS) is 15.4. The van der Waals surface area contributed by atoms with Crippen molar-refractivity contribution in [1.82, 2.24) is 24.1 Å². The Hall–Kier alpha value is -3.64. The Labute approximate surface area is 212 Å². The van der Waals surface area contributed by atoms with Crippen molar-refractivity contribution in [2.75, 3.05) is 26.0 Å². The van der Waals surface area contributed by atoms with Crippen molar-refractivity contribution in [1.29, 1.82) is 0 Å². The molecule has 0 saturated carbocycles. The van der Waals surface area contributed by atoms with Crippen LogP contribution in [0.25, 0.3) is 22.2 Å². The molecule has 5 rings (SSSR count). The van der Waals surface area contributed by atoms with Crippen LogP contribution in [-0.4, -0.2) is 64.2 Å². The molecule has 194 valence electrons. The molecule has 0 bridgehead atoms. The largest absolute Gasteiger partial charge is 0.494 e. The lowest BCUT2D eigenvalue weighted by Crippen LogP contribution is -2.39. The lowest BCUT2D eigenvalue weighted by molar-refractivity contribution is 0.103. The van der Waals surface area contributed by atoms with Crippen molar-refractivity contribution < 1.29 is 26.7 Å². The lowest BCUT2D eigenvalue weighted by atomic mass is 10.0. The highest BCUT2D eigenvalue weighted by atomic mass is 32.2. The van der Waals surface area contributed by atoms with E-state index in [9.17, 15) is 22.0 Å². The molecular weight excluding hydrogens is 504 g/mol. The number of aromatic nitrogens is 4. The van der Waals surface area contributed by atoms with Crippen LogP contribution in [0, 0.1) is 11.6 Å². The smallest absolute Gasteiger partial charge is 0.213 e. The molecule has 12 heteroatoms. The highest BCUT2D eigenvalue weighted by Crippen LogP contribution is 2.30. The van der Waals surface area contributed by atoms with Crippen LogP contribution >= 0.6 is 0 Å². The van der Waals surface area contributed by atoms with Gasteiger partial charge in [0.2, 0.25) is 10.0 Å². The molecule has 1 aliphatic rings. The van der Waals surface area contributed by atoms with E-state index in [4.69, 9.17) is 4.74 Å². The van der Waals surface area contributed by atoms with E-state index in [1.165, 1.54) is 17.6 Å². The first-order valence-electron chi connectivity index (χ1n) is 11.8. The zero-order chi connectivity index (χ0) is 26.3. The van der Waals surface area contributed by atoms with Crippen LogP contribution < -0.4 is 4.74 Å². The molecule has 1 aliphatic heterocycles. The maximum Gasteiger partial charge on any atom is 0.213 e. The fourth-order valence-electron chi connectivity index (χ4n) is 4.61. The summed E-state index contributed by atoms with van der Waals surface area (Å²) in [5, 5.41) is 4.97. The first-order chi connectivity index (χ1) is 17.7. The summed E-state index contributed by atoms with van der Waals surface area (Å²) in [5.74, 6) is -2.65. The predicted octanol–water partition coefficient (Wildman–Crippen LogP) is 3.93. The Morgan fingerprint density at radius 1 is 1.11 bits per heavy atom. The van der Waals surface area contributed by atoms with Crippen LogP contribution in [-0.2, 0) is 10.0 Å². The fraction of sp³-hybridized carbons (Fsp3) is 0.320. The van der Waals surface area contributed by atoms with Crippen molar-refractivity contribution in [2.24, 2.45) is 0 Å². The van der Waals surface area contributed by atoms with Crippen LogP contribution in [0.5, 0.6) is 5.75 Å². The van der Waals surface area contributed by atoms with Crippen molar-refractivity contribution in [3.05, 3.63) is 65.7 Å². The number of ether oxygens (including phenoxy) is 1. The second-order valence-corrected chi connectivity index (χ2v) is 11.1. The van der Waals surface area contributed by atoms with Gasteiger partial charge in [-0.05, 0) is 31.9 Å². The number of nitrogens with zero attached hydrogens (tertiary/aromatic N) is 4. The van der Waals surface area contributed by atoms with Gasteiger partial charge in [-0.25, -0.2) is 26.5 Å². The molecule has 0 aliphatic carbocycles. The minimum absolute atomic E-state index is 0.0644. The van der Waals surface area contributed by atoms with Crippen molar-refractivity contribution >= 4 is 26.8 Å². The van der Waals surface area contributed by atoms with Gasteiger partial charge in [-0.1, -0.05) is 0 Å². The summed E-state index contributed by atoms with van der Waals surface area (Å²) in [6, 6.07) is 3.50. The van der Waals surface area contributed by atoms with E-state index in [1.54, 1.807) is 25.4 Å². The minimum atomic E-state index is -3.20. The lowest BCUT2D eigenvalue weighted by Gasteiger charge is -2.31. The summed E-state index contributed by atoms with van der Waals surface area (Å²) in [6.45, 7) is 2.54. The molecule has 37 heavy (non-hydrogen) atoms. The first kappa shape index (κ1) is 25.0. The van der Waals surface area contributed by atoms with Crippen molar-refractivity contribution in [3.63, 3.8) is 0 Å². The molecule has 0 atom stereocenters. The molecule has 1 N–H and O–H groups in total. The highest BCUT2D eigenvalue weighted by molar-refractivity contribution is 7.89. The van der Waals surface area contributed by atoms with E-state index in [0.29, 0.717) is 48.6 Å². The zero-order valence-corrected chi connectivity index (χ0v) is 21.1. The van der Waals surface area contributed by atoms with Crippen LogP contribution in [0.2, 0.25) is 0 Å². The maximum absolute atomic E-state index is 14.5. The molecule has 0 radical (unpaired) electrons. The molecule has 1 saturated heterocycles. The van der Waals surface area contributed by atoms with Gasteiger partial charge in [0.1, 0.15) is 11.5 Å². The van der Waals surface area contributed by atoms with Gasteiger partial charge < -0.3 is 9.72 Å². The van der Waals surface area contributed by atoms with Crippen LogP contribution in [0.3, 0.4) is 0 Å². The SMILES string of the molecule is CCS(=O)(=O)N1CCC(n2cc(-c3cnc4[nH]cc(C(=O)c5cc(OC)c(F)cc5F)c4c3)cn2)CC1. The Bertz CT molecular complexity index is 1590. The summed E-state index contributed by atoms with van der Waals surface area (Å²) in [4.78, 5) is 20.5. The molecule has 0 unspecified atom stereocenters. The number of benzene rings is 1. The number of fused-ring (bicyclic) bond motifs is 1. The number of carbonyl (C=O) groups is 1. The van der Waals surface area contributed by atoms with Gasteiger partial charge in [0.25, 0.3) is 0 Å². The topological polar surface area (TPSA) is 110 Å². The van der Waals surface area contributed by atoms with Crippen LogP contribution in [0.1, 0.15) is 41.7 Å². The molecule has 0 amide bonds. The van der Waals surface area contributed by atoms with Gasteiger partial charge in [0.15, 0.2) is 17.3 Å². The predicted molar refractivity (Wildman–Crippen MR) is 133 cm³/mol. The van der Waals surface area contributed by atoms with Gasteiger partial charge >= 0.3 is 0 Å². The molecule has 4 aromatic rings. The number of H-pyrrole nitrogens is 1. The van der Waals surface area contributed by atoms with Crippen LogP contribution in [0.15, 0.2) is 43.0 Å². The number of hydrogen-bond donors (Lipinski definition) is 1. The third kappa shape index (κ3) is 4.62. The number of halogens is 2. The summed E-state index contributed by atoms with van der Waals surface area (Å²) in [7, 11) is -1.97. The van der Waals surface area contributed by atoms with Gasteiger partial charge in [0, 0.05) is 59.8 Å². The number of carbonyl (C=O) groups excluding carboxylic acids is 1. The Morgan fingerprint density at radius 2 is 1.86 bits per heavy atom. The monoisotopic (exact) mass is 529 g/mol. The van der Waals surface area contributed by atoms with E-state index >= 15 is 0 Å². The number of sulfonamides is 1. The average Bonchev–Trinajstić information content (AvgIpc) is 3.56. The van der Waals surface area contributed by atoms with Gasteiger partial charge in [-0.2, -0.15) is 5.10 Å². The van der Waals surface area contributed by atoms with E-state index in [-0.39, 0.29) is 28.7 Å². The Kier molecular flexibility index (Phi) is 6.54. The average molecular weight is 530 g/mol. The number of methoxy groups -OCH3 is 1. The van der Waals surface area contributed by atoms with E-state index in [1.807, 2.05) is 10.9 Å². The third-order valence-electron chi connectivity index (χ3n) is 6.75. The molecule has 0 spiro atoms. The Balaban J connectivity index is 1.41. The van der Waals surface area contributed by atoms with Gasteiger partial charge in [-0.3, -0.25) is 9.48 Å². The molecular formula is C25H25F2N5O4S. The van der Waals surface area contributed by atoms with Crippen molar-refractivity contribution in [3.8, 4) is 16.9 Å². The standard InChI is InChI=1S/C25H25F2N5O4S/c1-3-37(34,35)31-6-4-17(5-7-31)32-14-16(12-30-32)15-8-18-20(13-29-25(18)28-11-15)24(33)19-9-23(36-2)22(27)10-21(19)26/h8-14,17H,3-7H2,1-2H3,(H,28,29). The number of rotatable bonds is 7. The van der Waals surface area contributed by atoms with Crippen LogP contribution in [0.4, 0.5) is 8.78 Å². The molecule has 1 aromatic carbocycles. The number of hydrogen-bond acceptors (Lipinski definition) is 6. The second kappa shape index (κ2) is 9.67. The number of nitrogens with one attached hydrogen (secondary N) is 1. The number of aromatic amines is 1. The number of ketones is 1. The first-order valence-corrected chi connectivity index (χ1v) is 13.4. The Morgan fingerprint density at radius 3 is 2.57 bits per heavy atom. The zero-order valence-electron chi connectivity index (χ0n) is 20.2. The quantitative estimate of drug-likeness (QED) is 0.363. The molecule has 9 nitrogen and oxygen atoms in total. The summed E-state index contributed by atoms with van der Waals surface area (Å²) >= 11 is 0. The summed E-state index contributed by atoms with van der Waals surface area (Å²) in [6.07, 6.45) is 7.96. The molecule has 1 fully saturated rings. The van der Waals surface area contributed by atoms with E-state index in [2.05, 4.69) is 15.1 Å². The summed E-state index contributed by atoms with van der Waals surface area (Å²) in [5.41, 5.74) is 1.80. The molecule has 3 aromatic heterocycles. The third-order valence-corrected chi connectivity index (χ3v) is 8.63. The van der Waals surface area contributed by atoms with Gasteiger partial charge in [0.05, 0.1) is 30.7 Å². The fourth-order valence-corrected chi connectivity index (χ4v) is 5.74. The number of pyridine rings is 1. The van der Waals surface area contributed by atoms with Crippen molar-refractivity contribution in [2.45, 2.75) is 25.8 Å². The minimum Gasteiger partial charge on any atom is -0.494 e. The van der Waals surface area contributed by atoms with E-state index in [0.717, 1.165) is 11.6 Å². The second-order valence-electron chi connectivity index (χ2n) is 8.86. The van der Waals surface area contributed by atoms with Gasteiger partial charge in [-0.15, -0.1) is 0 Å². The highest BCUT2D eigenvalue weighted by Gasteiger charge is 2.28. The van der Waals surface area contributed by atoms with E-state index < -0.39 is 27.4 Å². The number of piperidine rings is 1. The molecule has 4 heterocycles. The maximum atomic E-state index is 14.5.